The van der Waals surface area contributed by atoms with Crippen molar-refractivity contribution in [2.45, 2.75) is 33.2 Å². The third-order valence-electron chi connectivity index (χ3n) is 4.01. The summed E-state index contributed by atoms with van der Waals surface area (Å²) in [5, 5.41) is 3.51. The zero-order valence-corrected chi connectivity index (χ0v) is 12.9. The van der Waals surface area contributed by atoms with Gasteiger partial charge in [-0.3, -0.25) is 0 Å². The number of benzene rings is 2. The summed E-state index contributed by atoms with van der Waals surface area (Å²) in [4.78, 5) is 0. The monoisotopic (exact) mass is 281 g/mol. The summed E-state index contributed by atoms with van der Waals surface area (Å²) in [6.45, 7) is 7.11. The maximum atomic E-state index is 5.88. The molecule has 0 radical (unpaired) electrons. The molecular weight excluding hydrogens is 258 g/mol. The first-order valence-corrected chi connectivity index (χ1v) is 7.85. The van der Waals surface area contributed by atoms with Gasteiger partial charge in [-0.05, 0) is 36.6 Å². The highest BCUT2D eigenvalue weighted by Gasteiger charge is 2.18. The molecule has 2 nitrogen and oxygen atoms in total. The van der Waals surface area contributed by atoms with Crippen molar-refractivity contribution in [2.75, 3.05) is 13.2 Å². The van der Waals surface area contributed by atoms with Gasteiger partial charge in [-0.1, -0.05) is 48.9 Å². The van der Waals surface area contributed by atoms with Gasteiger partial charge in [-0.25, -0.2) is 0 Å². The highest BCUT2D eigenvalue weighted by Crippen LogP contribution is 2.38. The Balaban J connectivity index is 2.01. The standard InChI is InChI=1S/C19H23NO/c1-3-10-20-13-16-8-7-14(2)12-18(16)17-6-4-5-15-9-11-21-19(15)17/h4-8,12,20H,3,9-11,13H2,1-2H3. The number of ether oxygens (including phenoxy) is 1. The van der Waals surface area contributed by atoms with Gasteiger partial charge in [-0.2, -0.15) is 0 Å². The van der Waals surface area contributed by atoms with Gasteiger partial charge in [-0.15, -0.1) is 0 Å². The van der Waals surface area contributed by atoms with Gasteiger partial charge in [0.25, 0.3) is 0 Å². The third kappa shape index (κ3) is 2.96. The summed E-state index contributed by atoms with van der Waals surface area (Å²) >= 11 is 0. The maximum Gasteiger partial charge on any atom is 0.130 e. The number of para-hydroxylation sites is 1. The van der Waals surface area contributed by atoms with Crippen LogP contribution in [0.4, 0.5) is 0 Å². The van der Waals surface area contributed by atoms with Gasteiger partial charge in [0.15, 0.2) is 0 Å². The molecular formula is C19H23NO. The Morgan fingerprint density at radius 3 is 2.90 bits per heavy atom. The van der Waals surface area contributed by atoms with E-state index in [2.05, 4.69) is 55.6 Å². The Hall–Kier alpha value is -1.80. The molecule has 3 rings (SSSR count). The minimum atomic E-state index is 0.807. The number of fused-ring (bicyclic) bond motifs is 1. The zero-order valence-electron chi connectivity index (χ0n) is 12.9. The first-order valence-electron chi connectivity index (χ1n) is 7.85. The molecule has 1 heterocycles. The fourth-order valence-electron chi connectivity index (χ4n) is 2.92. The van der Waals surface area contributed by atoms with Crippen LogP contribution >= 0.6 is 0 Å². The number of hydrogen-bond donors (Lipinski definition) is 1. The molecule has 1 aliphatic rings. The first-order chi connectivity index (χ1) is 10.3. The van der Waals surface area contributed by atoms with E-state index in [4.69, 9.17) is 4.74 Å². The van der Waals surface area contributed by atoms with E-state index in [0.29, 0.717) is 0 Å². The van der Waals surface area contributed by atoms with E-state index in [0.717, 1.165) is 38.3 Å². The minimum Gasteiger partial charge on any atom is -0.492 e. The van der Waals surface area contributed by atoms with Crippen molar-refractivity contribution in [3.63, 3.8) is 0 Å². The Kier molecular flexibility index (Phi) is 4.26. The van der Waals surface area contributed by atoms with Gasteiger partial charge in [0.2, 0.25) is 0 Å². The van der Waals surface area contributed by atoms with Crippen LogP contribution in [0.3, 0.4) is 0 Å². The maximum absolute atomic E-state index is 5.88. The lowest BCUT2D eigenvalue weighted by Gasteiger charge is -2.14. The van der Waals surface area contributed by atoms with Crippen LogP contribution in [0, 0.1) is 6.92 Å². The largest absolute Gasteiger partial charge is 0.492 e. The second-order valence-electron chi connectivity index (χ2n) is 5.73. The van der Waals surface area contributed by atoms with Crippen LogP contribution in [0.15, 0.2) is 36.4 Å². The van der Waals surface area contributed by atoms with E-state index in [-0.39, 0.29) is 0 Å². The van der Waals surface area contributed by atoms with E-state index in [9.17, 15) is 0 Å². The summed E-state index contributed by atoms with van der Waals surface area (Å²) in [6, 6.07) is 13.2. The fraction of sp³-hybridized carbons (Fsp3) is 0.368. The molecule has 0 atom stereocenters. The number of nitrogens with one attached hydrogen (secondary N) is 1. The molecule has 0 saturated heterocycles. The fourth-order valence-corrected chi connectivity index (χ4v) is 2.92. The minimum absolute atomic E-state index is 0.807. The predicted molar refractivity (Wildman–Crippen MR) is 87.8 cm³/mol. The molecule has 1 N–H and O–H groups in total. The average molecular weight is 281 g/mol. The summed E-state index contributed by atoms with van der Waals surface area (Å²) < 4.78 is 5.88. The quantitative estimate of drug-likeness (QED) is 0.833. The zero-order chi connectivity index (χ0) is 14.7. The lowest BCUT2D eigenvalue weighted by molar-refractivity contribution is 0.358. The second-order valence-corrected chi connectivity index (χ2v) is 5.73. The Morgan fingerprint density at radius 2 is 2.05 bits per heavy atom. The van der Waals surface area contributed by atoms with Gasteiger partial charge in [0.05, 0.1) is 6.61 Å². The van der Waals surface area contributed by atoms with Crippen molar-refractivity contribution < 1.29 is 4.74 Å². The number of aryl methyl sites for hydroxylation is 1. The van der Waals surface area contributed by atoms with E-state index in [1.807, 2.05) is 0 Å². The summed E-state index contributed by atoms with van der Waals surface area (Å²) in [5.74, 6) is 1.08. The van der Waals surface area contributed by atoms with Crippen LogP contribution in [-0.4, -0.2) is 13.2 Å². The normalized spacial score (nSPS) is 13.0. The molecule has 0 aliphatic carbocycles. The molecule has 0 amide bonds. The highest BCUT2D eigenvalue weighted by atomic mass is 16.5. The molecule has 110 valence electrons. The van der Waals surface area contributed by atoms with Crippen molar-refractivity contribution in [2.24, 2.45) is 0 Å². The first kappa shape index (κ1) is 14.2. The van der Waals surface area contributed by atoms with Crippen LogP contribution in [0.1, 0.15) is 30.0 Å². The van der Waals surface area contributed by atoms with Crippen LogP contribution in [-0.2, 0) is 13.0 Å². The lowest BCUT2D eigenvalue weighted by Crippen LogP contribution is -2.14. The van der Waals surface area contributed by atoms with Crippen molar-refractivity contribution in [3.05, 3.63) is 53.1 Å². The number of rotatable bonds is 5. The molecule has 2 aromatic carbocycles. The van der Waals surface area contributed by atoms with Crippen LogP contribution < -0.4 is 10.1 Å². The van der Waals surface area contributed by atoms with Crippen molar-refractivity contribution >= 4 is 0 Å². The summed E-state index contributed by atoms with van der Waals surface area (Å²) in [5.41, 5.74) is 6.51. The van der Waals surface area contributed by atoms with E-state index in [1.165, 1.54) is 27.8 Å². The molecule has 1 aliphatic heterocycles. The lowest BCUT2D eigenvalue weighted by atomic mass is 9.95. The van der Waals surface area contributed by atoms with E-state index < -0.39 is 0 Å². The SMILES string of the molecule is CCCNCc1ccc(C)cc1-c1cccc2c1OCC2. The van der Waals surface area contributed by atoms with E-state index >= 15 is 0 Å². The van der Waals surface area contributed by atoms with Gasteiger partial charge >= 0.3 is 0 Å². The molecule has 0 fully saturated rings. The topological polar surface area (TPSA) is 21.3 Å². The number of hydrogen-bond acceptors (Lipinski definition) is 2. The van der Waals surface area contributed by atoms with Gasteiger partial charge in [0.1, 0.15) is 5.75 Å². The molecule has 0 aromatic heterocycles. The molecule has 0 saturated carbocycles. The van der Waals surface area contributed by atoms with E-state index in [1.54, 1.807) is 0 Å². The highest BCUT2D eigenvalue weighted by molar-refractivity contribution is 5.76. The van der Waals surface area contributed by atoms with Gasteiger partial charge in [0, 0.05) is 18.5 Å². The molecule has 2 heteroatoms. The molecule has 0 bridgehead atoms. The average Bonchev–Trinajstić information content (AvgIpc) is 2.97. The summed E-state index contributed by atoms with van der Waals surface area (Å²) in [7, 11) is 0. The smallest absolute Gasteiger partial charge is 0.130 e. The summed E-state index contributed by atoms with van der Waals surface area (Å²) in [6.07, 6.45) is 2.18. The van der Waals surface area contributed by atoms with Crippen molar-refractivity contribution in [3.8, 4) is 16.9 Å². The molecule has 0 spiro atoms. The van der Waals surface area contributed by atoms with Crippen LogP contribution in [0.2, 0.25) is 0 Å². The molecule has 0 unspecified atom stereocenters. The molecule has 2 aromatic rings. The van der Waals surface area contributed by atoms with Gasteiger partial charge < -0.3 is 10.1 Å². The Labute approximate surface area is 127 Å². The second kappa shape index (κ2) is 6.31. The Bertz CT molecular complexity index is 633. The van der Waals surface area contributed by atoms with Crippen molar-refractivity contribution in [1.82, 2.24) is 5.32 Å². The predicted octanol–water partition coefficient (Wildman–Crippen LogP) is 4.10. The Morgan fingerprint density at radius 1 is 1.14 bits per heavy atom. The molecule has 21 heavy (non-hydrogen) atoms. The third-order valence-corrected chi connectivity index (χ3v) is 4.01. The van der Waals surface area contributed by atoms with Crippen LogP contribution in [0.25, 0.3) is 11.1 Å². The van der Waals surface area contributed by atoms with Crippen molar-refractivity contribution in [1.29, 1.82) is 0 Å². The van der Waals surface area contributed by atoms with Crippen LogP contribution in [0.5, 0.6) is 5.75 Å².